The van der Waals surface area contributed by atoms with Crippen molar-refractivity contribution in [3.05, 3.63) is 22.7 Å². The van der Waals surface area contributed by atoms with Crippen LogP contribution in [-0.2, 0) is 14.3 Å². The van der Waals surface area contributed by atoms with E-state index in [4.69, 9.17) is 25.8 Å². The predicted molar refractivity (Wildman–Crippen MR) is 105 cm³/mol. The summed E-state index contributed by atoms with van der Waals surface area (Å²) in [6, 6.07) is 2.82. The smallest absolute Gasteiger partial charge is 0.338 e. The molecule has 0 aromatic heterocycles. The van der Waals surface area contributed by atoms with Gasteiger partial charge in [-0.15, -0.1) is 0 Å². The van der Waals surface area contributed by atoms with Crippen molar-refractivity contribution in [2.75, 3.05) is 33.4 Å². The number of ether oxygens (including phenoxy) is 3. The van der Waals surface area contributed by atoms with Crippen molar-refractivity contribution < 1.29 is 28.6 Å². The van der Waals surface area contributed by atoms with Crippen LogP contribution in [0.15, 0.2) is 12.1 Å². The maximum atomic E-state index is 12.3. The lowest BCUT2D eigenvalue weighted by Crippen LogP contribution is -2.42. The van der Waals surface area contributed by atoms with Crippen LogP contribution in [0.25, 0.3) is 0 Å². The molecule has 0 radical (unpaired) electrons. The van der Waals surface area contributed by atoms with E-state index in [1.165, 1.54) is 24.1 Å². The molecule has 0 aliphatic heterocycles. The molecule has 1 N–H and O–H groups in total. The molecule has 156 valence electrons. The maximum absolute atomic E-state index is 12.3. The summed E-state index contributed by atoms with van der Waals surface area (Å²) in [5.41, 5.74) is 0.123. The molecule has 1 aromatic carbocycles. The fraction of sp³-hybridized carbons (Fsp3) is 0.526. The summed E-state index contributed by atoms with van der Waals surface area (Å²) in [4.78, 5) is 37.5. The summed E-state index contributed by atoms with van der Waals surface area (Å²) in [7, 11) is 1.43. The molecule has 0 saturated heterocycles. The molecule has 0 heterocycles. The van der Waals surface area contributed by atoms with Gasteiger partial charge in [0.15, 0.2) is 18.1 Å². The molecule has 8 nitrogen and oxygen atoms in total. The van der Waals surface area contributed by atoms with Crippen LogP contribution >= 0.6 is 11.6 Å². The number of nitrogens with one attached hydrogen (secondary N) is 1. The van der Waals surface area contributed by atoms with Gasteiger partial charge in [-0.3, -0.25) is 9.59 Å². The van der Waals surface area contributed by atoms with Crippen LogP contribution in [-0.4, -0.2) is 62.1 Å². The highest BCUT2D eigenvalue weighted by atomic mass is 35.5. The zero-order valence-electron chi connectivity index (χ0n) is 16.8. The van der Waals surface area contributed by atoms with Crippen molar-refractivity contribution in [3.63, 3.8) is 0 Å². The van der Waals surface area contributed by atoms with Gasteiger partial charge >= 0.3 is 5.97 Å². The topological polar surface area (TPSA) is 94.2 Å². The van der Waals surface area contributed by atoms with E-state index in [-0.39, 0.29) is 34.9 Å². The van der Waals surface area contributed by atoms with E-state index in [1.807, 2.05) is 13.8 Å². The van der Waals surface area contributed by atoms with Gasteiger partial charge in [-0.1, -0.05) is 11.6 Å². The van der Waals surface area contributed by atoms with Gasteiger partial charge in [0.2, 0.25) is 5.91 Å². The summed E-state index contributed by atoms with van der Waals surface area (Å²) in [6.45, 7) is 7.39. The zero-order chi connectivity index (χ0) is 21.3. The number of nitrogens with zero attached hydrogens (tertiary/aromatic N) is 1. The van der Waals surface area contributed by atoms with E-state index in [0.29, 0.717) is 18.8 Å². The molecule has 0 unspecified atom stereocenters. The molecule has 2 amide bonds. The molecule has 0 aliphatic carbocycles. The highest BCUT2D eigenvalue weighted by molar-refractivity contribution is 6.32. The summed E-state index contributed by atoms with van der Waals surface area (Å²) in [5, 5.41) is 2.80. The van der Waals surface area contributed by atoms with Crippen LogP contribution in [0.1, 0.15) is 38.1 Å². The number of benzene rings is 1. The molecule has 0 aliphatic rings. The molecule has 9 heteroatoms. The van der Waals surface area contributed by atoms with E-state index in [2.05, 4.69) is 5.32 Å². The van der Waals surface area contributed by atoms with Crippen molar-refractivity contribution >= 4 is 29.4 Å². The molecule has 0 fully saturated rings. The Hall–Kier alpha value is -2.48. The summed E-state index contributed by atoms with van der Waals surface area (Å²) in [6.07, 6.45) is -0.133. The quantitative estimate of drug-likeness (QED) is 0.590. The van der Waals surface area contributed by atoms with Crippen molar-refractivity contribution in [2.24, 2.45) is 0 Å². The molecule has 0 bridgehead atoms. The Labute approximate surface area is 170 Å². The van der Waals surface area contributed by atoms with Gasteiger partial charge in [0, 0.05) is 13.1 Å². The van der Waals surface area contributed by atoms with Gasteiger partial charge in [0.25, 0.3) is 5.91 Å². The second kappa shape index (κ2) is 11.4. The second-order valence-electron chi connectivity index (χ2n) is 6.09. The highest BCUT2D eigenvalue weighted by Crippen LogP contribution is 2.37. The minimum Gasteiger partial charge on any atom is -0.493 e. The number of hydrogen-bond acceptors (Lipinski definition) is 6. The molecule has 0 saturated carbocycles. The lowest BCUT2D eigenvalue weighted by Gasteiger charge is -2.20. The first kappa shape index (κ1) is 23.6. The van der Waals surface area contributed by atoms with Crippen molar-refractivity contribution in [1.29, 1.82) is 0 Å². The van der Waals surface area contributed by atoms with Gasteiger partial charge in [0.1, 0.15) is 0 Å². The lowest BCUT2D eigenvalue weighted by molar-refractivity contribution is -0.138. The van der Waals surface area contributed by atoms with Crippen LogP contribution in [0.2, 0.25) is 5.02 Å². The number of carbonyl (C=O) groups excluding carboxylic acids is 3. The Kier molecular flexibility index (Phi) is 9.58. The first-order valence-corrected chi connectivity index (χ1v) is 9.36. The summed E-state index contributed by atoms with van der Waals surface area (Å²) in [5.74, 6) is -0.878. The Morgan fingerprint density at radius 3 is 2.43 bits per heavy atom. The largest absolute Gasteiger partial charge is 0.493 e. The third-order valence-electron chi connectivity index (χ3n) is 3.59. The fourth-order valence-corrected chi connectivity index (χ4v) is 2.55. The minimum absolute atomic E-state index is 0.0956. The normalized spacial score (nSPS) is 10.4. The Morgan fingerprint density at radius 2 is 1.89 bits per heavy atom. The number of likely N-dealkylation sites (N-methyl/N-ethyl adjacent to an activating group) is 2. The number of methoxy groups -OCH3 is 1. The van der Waals surface area contributed by atoms with Crippen molar-refractivity contribution in [1.82, 2.24) is 10.2 Å². The third-order valence-corrected chi connectivity index (χ3v) is 3.87. The predicted octanol–water partition coefficient (Wildman–Crippen LogP) is 2.28. The van der Waals surface area contributed by atoms with Crippen LogP contribution in [0, 0.1) is 0 Å². The molecule has 1 aromatic rings. The number of amides is 2. The zero-order valence-corrected chi connectivity index (χ0v) is 17.6. The molecule has 28 heavy (non-hydrogen) atoms. The van der Waals surface area contributed by atoms with E-state index >= 15 is 0 Å². The standard InChI is InChI=1S/C19H27ClN2O6/c1-6-21-16(23)10-22(7-2)17(24)11-27-19(25)13-8-14(20)18(28-12(3)4)15(9-13)26-5/h8-9,12H,6-7,10-11H2,1-5H3,(H,21,23). The van der Waals surface area contributed by atoms with Crippen LogP contribution in [0.3, 0.4) is 0 Å². The number of hydrogen-bond donors (Lipinski definition) is 1. The first-order chi connectivity index (χ1) is 13.2. The van der Waals surface area contributed by atoms with Crippen LogP contribution in [0.5, 0.6) is 11.5 Å². The lowest BCUT2D eigenvalue weighted by atomic mass is 10.2. The van der Waals surface area contributed by atoms with E-state index < -0.39 is 18.5 Å². The average molecular weight is 415 g/mol. The number of rotatable bonds is 10. The number of esters is 1. The van der Waals surface area contributed by atoms with Crippen LogP contribution < -0.4 is 14.8 Å². The van der Waals surface area contributed by atoms with Gasteiger partial charge in [0.05, 0.1) is 30.3 Å². The SMILES string of the molecule is CCNC(=O)CN(CC)C(=O)COC(=O)c1cc(Cl)c(OC(C)C)c(OC)c1. The monoisotopic (exact) mass is 414 g/mol. The molecule has 0 atom stereocenters. The first-order valence-electron chi connectivity index (χ1n) is 8.99. The third kappa shape index (κ3) is 6.92. The van der Waals surface area contributed by atoms with Gasteiger partial charge in [-0.25, -0.2) is 4.79 Å². The molecule has 0 spiro atoms. The van der Waals surface area contributed by atoms with Gasteiger partial charge in [-0.05, 0) is 39.8 Å². The Morgan fingerprint density at radius 1 is 1.21 bits per heavy atom. The number of carbonyl (C=O) groups is 3. The molecular formula is C19H27ClN2O6. The molecular weight excluding hydrogens is 388 g/mol. The van der Waals surface area contributed by atoms with Crippen molar-refractivity contribution in [3.8, 4) is 11.5 Å². The second-order valence-corrected chi connectivity index (χ2v) is 6.50. The summed E-state index contributed by atoms with van der Waals surface area (Å²) >= 11 is 6.19. The van der Waals surface area contributed by atoms with Gasteiger partial charge < -0.3 is 24.4 Å². The highest BCUT2D eigenvalue weighted by Gasteiger charge is 2.20. The van der Waals surface area contributed by atoms with Crippen molar-refractivity contribution in [2.45, 2.75) is 33.8 Å². The summed E-state index contributed by atoms with van der Waals surface area (Å²) < 4.78 is 15.9. The Balaban J connectivity index is 2.80. The number of halogens is 1. The van der Waals surface area contributed by atoms with Gasteiger partial charge in [-0.2, -0.15) is 0 Å². The van der Waals surface area contributed by atoms with E-state index in [9.17, 15) is 14.4 Å². The molecule has 1 rings (SSSR count). The van der Waals surface area contributed by atoms with Crippen LogP contribution in [0.4, 0.5) is 0 Å². The Bertz CT molecular complexity index is 708. The fourth-order valence-electron chi connectivity index (χ4n) is 2.29. The average Bonchev–Trinajstić information content (AvgIpc) is 2.65. The maximum Gasteiger partial charge on any atom is 0.338 e. The minimum atomic E-state index is -0.737. The van der Waals surface area contributed by atoms with E-state index in [1.54, 1.807) is 13.8 Å². The van der Waals surface area contributed by atoms with E-state index in [0.717, 1.165) is 0 Å².